The molecule has 0 atom stereocenters. The lowest BCUT2D eigenvalue weighted by Gasteiger charge is -2.16. The number of furan rings is 1. The molecule has 0 aliphatic heterocycles. The molecule has 0 saturated carbocycles. The van der Waals surface area contributed by atoms with Crippen LogP contribution in [0.25, 0.3) is 11.4 Å². The summed E-state index contributed by atoms with van der Waals surface area (Å²) >= 11 is 1.35. The lowest BCUT2D eigenvalue weighted by molar-refractivity contribution is 0.535. The Balaban J connectivity index is 1.90. The van der Waals surface area contributed by atoms with Gasteiger partial charge in [0, 0.05) is 11.6 Å². The Morgan fingerprint density at radius 2 is 2.00 bits per heavy atom. The Morgan fingerprint density at radius 1 is 1.22 bits per heavy atom. The molecule has 120 valence electrons. The minimum atomic E-state index is -0.119. The van der Waals surface area contributed by atoms with Crippen LogP contribution in [0.4, 0.5) is 0 Å². The van der Waals surface area contributed by atoms with E-state index in [1.54, 1.807) is 12.5 Å². The fourth-order valence-corrected chi connectivity index (χ4v) is 2.72. The molecular weight excluding hydrogens is 312 g/mol. The summed E-state index contributed by atoms with van der Waals surface area (Å²) in [6.07, 6.45) is 3.35. The quantitative estimate of drug-likeness (QED) is 0.582. The van der Waals surface area contributed by atoms with Gasteiger partial charge in [0.25, 0.3) is 0 Å². The first kappa shape index (κ1) is 15.5. The Bertz CT molecular complexity index is 833. The zero-order valence-electron chi connectivity index (χ0n) is 13.4. The normalized spacial score (nSPS) is 11.8. The molecule has 0 spiro atoms. The Hall–Kier alpha value is -2.35. The lowest BCUT2D eigenvalue weighted by Crippen LogP contribution is -2.16. The van der Waals surface area contributed by atoms with Crippen LogP contribution in [0.2, 0.25) is 0 Å². The average Bonchev–Trinajstić information content (AvgIpc) is 3.05. The molecule has 0 aliphatic rings. The largest absolute Gasteiger partial charge is 0.469 e. The van der Waals surface area contributed by atoms with E-state index in [1.165, 1.54) is 16.4 Å². The number of aromatic nitrogens is 5. The highest BCUT2D eigenvalue weighted by atomic mass is 32.2. The molecule has 2 N–H and O–H groups in total. The molecule has 7 nitrogen and oxygen atoms in total. The first-order chi connectivity index (χ1) is 10.9. The maximum atomic E-state index is 6.12. The molecule has 3 heterocycles. The third-order valence-electron chi connectivity index (χ3n) is 3.26. The number of nitrogens with zero attached hydrogens (tertiary/aromatic N) is 5. The second-order valence-electron chi connectivity index (χ2n) is 6.14. The molecule has 0 aliphatic carbocycles. The van der Waals surface area contributed by atoms with Crippen LogP contribution in [-0.2, 0) is 5.41 Å². The van der Waals surface area contributed by atoms with Gasteiger partial charge < -0.3 is 10.3 Å². The molecule has 0 radical (unpaired) electrons. The number of nitrogen functional groups attached to an aromatic ring is 1. The van der Waals surface area contributed by atoms with E-state index < -0.39 is 0 Å². The highest BCUT2D eigenvalue weighted by Crippen LogP contribution is 2.29. The van der Waals surface area contributed by atoms with Crippen LogP contribution in [0.1, 0.15) is 32.4 Å². The van der Waals surface area contributed by atoms with Gasteiger partial charge in [-0.25, -0.2) is 14.6 Å². The van der Waals surface area contributed by atoms with E-state index in [0.717, 1.165) is 22.2 Å². The Labute approximate surface area is 138 Å². The Morgan fingerprint density at radius 3 is 2.65 bits per heavy atom. The molecular formula is C15H18N6OS. The maximum Gasteiger partial charge on any atom is 0.216 e. The second-order valence-corrected chi connectivity index (χ2v) is 7.12. The van der Waals surface area contributed by atoms with Crippen molar-refractivity contribution in [1.82, 2.24) is 24.8 Å². The summed E-state index contributed by atoms with van der Waals surface area (Å²) < 4.78 is 6.74. The smallest absolute Gasteiger partial charge is 0.216 e. The van der Waals surface area contributed by atoms with Gasteiger partial charge in [-0.15, -0.1) is 10.2 Å². The van der Waals surface area contributed by atoms with Crippen molar-refractivity contribution in [3.8, 4) is 11.4 Å². The standard InChI is InChI=1S/C15H18N6OS/c1-9-10(6-8-22-9)12-19-20-14(21(12)16)23-11-5-7-17-13(18-11)15(2,3)4/h5-8H,16H2,1-4H3. The van der Waals surface area contributed by atoms with Crippen LogP contribution < -0.4 is 5.84 Å². The second kappa shape index (κ2) is 5.69. The van der Waals surface area contributed by atoms with Crippen molar-refractivity contribution >= 4 is 11.8 Å². The van der Waals surface area contributed by atoms with Gasteiger partial charge in [-0.3, -0.25) is 0 Å². The van der Waals surface area contributed by atoms with E-state index in [2.05, 4.69) is 40.9 Å². The van der Waals surface area contributed by atoms with Crippen LogP contribution in [-0.4, -0.2) is 24.8 Å². The van der Waals surface area contributed by atoms with E-state index in [9.17, 15) is 0 Å². The van der Waals surface area contributed by atoms with E-state index in [0.29, 0.717) is 11.0 Å². The highest BCUT2D eigenvalue weighted by molar-refractivity contribution is 7.99. The van der Waals surface area contributed by atoms with Crippen molar-refractivity contribution in [2.45, 2.75) is 43.3 Å². The number of nitrogens with two attached hydrogens (primary N) is 1. The van der Waals surface area contributed by atoms with E-state index in [-0.39, 0.29) is 5.41 Å². The number of rotatable bonds is 3. The number of aryl methyl sites for hydroxylation is 1. The van der Waals surface area contributed by atoms with Gasteiger partial charge in [-0.2, -0.15) is 0 Å². The zero-order chi connectivity index (χ0) is 16.6. The van der Waals surface area contributed by atoms with Gasteiger partial charge in [-0.05, 0) is 30.8 Å². The molecule has 0 saturated heterocycles. The summed E-state index contributed by atoms with van der Waals surface area (Å²) in [4.78, 5) is 8.89. The van der Waals surface area contributed by atoms with Gasteiger partial charge in [0.15, 0.2) is 5.82 Å². The molecule has 0 aromatic carbocycles. The third kappa shape index (κ3) is 3.07. The fraction of sp³-hybridized carbons (Fsp3) is 0.333. The summed E-state index contributed by atoms with van der Waals surface area (Å²) in [5.74, 6) is 8.20. The molecule has 8 heteroatoms. The number of hydrogen-bond donors (Lipinski definition) is 1. The van der Waals surface area contributed by atoms with E-state index in [1.807, 2.05) is 19.1 Å². The lowest BCUT2D eigenvalue weighted by atomic mass is 9.96. The number of hydrogen-bond acceptors (Lipinski definition) is 7. The summed E-state index contributed by atoms with van der Waals surface area (Å²) in [5, 5.41) is 9.63. The van der Waals surface area contributed by atoms with Crippen molar-refractivity contribution in [1.29, 1.82) is 0 Å². The van der Waals surface area contributed by atoms with Gasteiger partial charge in [-0.1, -0.05) is 20.8 Å². The molecule has 0 amide bonds. The maximum absolute atomic E-state index is 6.12. The topological polar surface area (TPSA) is 95.6 Å². The molecule has 3 aromatic heterocycles. The molecule has 0 unspecified atom stereocenters. The van der Waals surface area contributed by atoms with E-state index >= 15 is 0 Å². The first-order valence-electron chi connectivity index (χ1n) is 7.12. The molecule has 3 aromatic rings. The predicted octanol–water partition coefficient (Wildman–Crippen LogP) is 2.80. The van der Waals surface area contributed by atoms with Crippen LogP contribution >= 0.6 is 11.8 Å². The van der Waals surface area contributed by atoms with Gasteiger partial charge >= 0.3 is 0 Å². The van der Waals surface area contributed by atoms with Crippen LogP contribution in [0, 0.1) is 6.92 Å². The molecule has 0 bridgehead atoms. The van der Waals surface area contributed by atoms with Gasteiger partial charge in [0.05, 0.1) is 11.8 Å². The van der Waals surface area contributed by atoms with Crippen molar-refractivity contribution in [2.75, 3.05) is 5.84 Å². The van der Waals surface area contributed by atoms with Crippen molar-refractivity contribution < 1.29 is 4.42 Å². The minimum absolute atomic E-state index is 0.119. The Kier molecular flexibility index (Phi) is 3.85. The fourth-order valence-electron chi connectivity index (χ4n) is 2.00. The predicted molar refractivity (Wildman–Crippen MR) is 87.5 cm³/mol. The monoisotopic (exact) mass is 330 g/mol. The van der Waals surface area contributed by atoms with Gasteiger partial charge in [0.2, 0.25) is 5.16 Å². The van der Waals surface area contributed by atoms with Crippen LogP contribution in [0.5, 0.6) is 0 Å². The van der Waals surface area contributed by atoms with Crippen molar-refractivity contribution in [2.24, 2.45) is 0 Å². The first-order valence-corrected chi connectivity index (χ1v) is 7.94. The van der Waals surface area contributed by atoms with Crippen molar-refractivity contribution in [3.63, 3.8) is 0 Å². The average molecular weight is 330 g/mol. The third-order valence-corrected chi connectivity index (χ3v) is 4.16. The SMILES string of the molecule is Cc1occc1-c1nnc(Sc2ccnc(C(C)(C)C)n2)n1N. The summed E-state index contributed by atoms with van der Waals surface area (Å²) in [6, 6.07) is 3.65. The van der Waals surface area contributed by atoms with Gasteiger partial charge in [0.1, 0.15) is 16.6 Å². The molecule has 23 heavy (non-hydrogen) atoms. The van der Waals surface area contributed by atoms with Crippen LogP contribution in [0.3, 0.4) is 0 Å². The minimum Gasteiger partial charge on any atom is -0.469 e. The van der Waals surface area contributed by atoms with E-state index in [4.69, 9.17) is 10.3 Å². The zero-order valence-corrected chi connectivity index (χ0v) is 14.3. The highest BCUT2D eigenvalue weighted by Gasteiger charge is 2.20. The molecule has 0 fully saturated rings. The van der Waals surface area contributed by atoms with Crippen molar-refractivity contribution in [3.05, 3.63) is 36.2 Å². The van der Waals surface area contributed by atoms with Crippen LogP contribution in [0.15, 0.2) is 39.2 Å². The summed E-state index contributed by atoms with van der Waals surface area (Å²) in [7, 11) is 0. The molecule has 3 rings (SSSR count). The summed E-state index contributed by atoms with van der Waals surface area (Å²) in [5.41, 5.74) is 0.705. The summed E-state index contributed by atoms with van der Waals surface area (Å²) in [6.45, 7) is 8.07.